The van der Waals surface area contributed by atoms with Crippen molar-refractivity contribution in [3.8, 4) is 34.5 Å². The van der Waals surface area contributed by atoms with Crippen molar-refractivity contribution in [3.05, 3.63) is 35.4 Å². The first kappa shape index (κ1) is 74.8. The molecular weight excluding hydrogens is 1020 g/mol. The van der Waals surface area contributed by atoms with Gasteiger partial charge in [-0.1, -0.05) is 324 Å². The summed E-state index contributed by atoms with van der Waals surface area (Å²) < 4.78 is 40.0. The molecule has 0 atom stereocenters. The minimum absolute atomic E-state index is 0.121. The zero-order valence-electron chi connectivity index (χ0n) is 54.7. The van der Waals surface area contributed by atoms with E-state index in [2.05, 4.69) is 46.8 Å². The Kier molecular flexibility index (Phi) is 51.8. The number of rotatable bonds is 64. The van der Waals surface area contributed by atoms with E-state index in [9.17, 15) is 9.90 Å². The van der Waals surface area contributed by atoms with E-state index in [0.29, 0.717) is 67.5 Å². The van der Waals surface area contributed by atoms with Crippen molar-refractivity contribution in [3.63, 3.8) is 0 Å². The maximum atomic E-state index is 12.7. The monoisotopic (exact) mass is 1150 g/mol. The molecule has 0 aromatic heterocycles. The highest BCUT2D eigenvalue weighted by Crippen LogP contribution is 2.43. The van der Waals surface area contributed by atoms with E-state index in [1.807, 2.05) is 0 Å². The number of carbonyl (C=O) groups is 1. The second-order valence-corrected chi connectivity index (χ2v) is 24.5. The first-order valence-electron chi connectivity index (χ1n) is 35.8. The zero-order valence-corrected chi connectivity index (χ0v) is 54.7. The molecule has 0 saturated carbocycles. The van der Waals surface area contributed by atoms with E-state index in [1.165, 1.54) is 257 Å². The van der Waals surface area contributed by atoms with Gasteiger partial charge in [0.05, 0.1) is 38.6 Å². The van der Waals surface area contributed by atoms with Gasteiger partial charge in [-0.3, -0.25) is 0 Å². The van der Waals surface area contributed by atoms with Crippen LogP contribution in [-0.4, -0.2) is 44.1 Å². The smallest absolute Gasteiger partial charge is 0.335 e. The van der Waals surface area contributed by atoms with Gasteiger partial charge in [0.1, 0.15) is 6.61 Å². The molecular formula is C74H132O8. The van der Waals surface area contributed by atoms with Crippen molar-refractivity contribution >= 4 is 5.97 Å². The molecule has 0 aliphatic rings. The SMILES string of the molecule is CCCCCCCCCCCCOc1cc(COc2cc(C(=O)O)cc(OCCCCCCCCCCCC)c2OCCCCCCCCCCCC)cc(OCCCCCCCCCCCC)c1OCCCCCCCCCCCC. The van der Waals surface area contributed by atoms with Crippen LogP contribution >= 0.6 is 0 Å². The van der Waals surface area contributed by atoms with Crippen LogP contribution in [0.1, 0.15) is 372 Å². The lowest BCUT2D eigenvalue weighted by atomic mass is 10.1. The van der Waals surface area contributed by atoms with E-state index < -0.39 is 5.97 Å². The van der Waals surface area contributed by atoms with Gasteiger partial charge in [-0.05, 0) is 61.9 Å². The van der Waals surface area contributed by atoms with Gasteiger partial charge in [0, 0.05) is 0 Å². The molecule has 0 amide bonds. The third-order valence-corrected chi connectivity index (χ3v) is 16.5. The van der Waals surface area contributed by atoms with Gasteiger partial charge in [-0.25, -0.2) is 4.79 Å². The minimum Gasteiger partial charge on any atom is -0.490 e. The summed E-state index contributed by atoms with van der Waals surface area (Å²) in [4.78, 5) is 12.7. The maximum Gasteiger partial charge on any atom is 0.335 e. The molecule has 8 nitrogen and oxygen atoms in total. The molecule has 0 fully saturated rings. The summed E-state index contributed by atoms with van der Waals surface area (Å²) in [6.07, 6.45) is 62.7. The zero-order chi connectivity index (χ0) is 58.9. The molecule has 2 rings (SSSR count). The Morgan fingerprint density at radius 3 is 0.695 bits per heavy atom. The number of carboxylic acid groups (broad SMARTS) is 1. The number of aromatic carboxylic acids is 1. The fraction of sp³-hybridized carbons (Fsp3) is 0.824. The van der Waals surface area contributed by atoms with Crippen molar-refractivity contribution in [1.82, 2.24) is 0 Å². The quantitative estimate of drug-likeness (QED) is 0.0655. The number of unbranched alkanes of at least 4 members (excludes halogenated alkanes) is 45. The van der Waals surface area contributed by atoms with Crippen LogP contribution in [0.25, 0.3) is 0 Å². The van der Waals surface area contributed by atoms with Gasteiger partial charge in [-0.15, -0.1) is 0 Å². The van der Waals surface area contributed by atoms with Crippen molar-refractivity contribution in [2.75, 3.05) is 33.0 Å². The topological polar surface area (TPSA) is 92.7 Å². The average molecular weight is 1150 g/mol. The van der Waals surface area contributed by atoms with Crippen LogP contribution in [-0.2, 0) is 6.61 Å². The molecule has 0 bridgehead atoms. The Hall–Kier alpha value is -3.29. The van der Waals surface area contributed by atoms with E-state index >= 15 is 0 Å². The van der Waals surface area contributed by atoms with E-state index in [0.717, 1.165) is 69.8 Å². The summed E-state index contributed by atoms with van der Waals surface area (Å²) in [7, 11) is 0. The number of hydrogen-bond donors (Lipinski definition) is 1. The summed E-state index contributed by atoms with van der Waals surface area (Å²) in [6, 6.07) is 7.36. The standard InChI is InChI=1S/C74H132O8/c1-6-11-16-21-26-31-36-41-46-51-56-77-68-61-66(62-69(78-57-52-47-42-37-32-27-22-17-12-7-2)72(68)80-59-54-49-44-39-34-29-24-19-14-9-4)65-82-71-64-67(74(75)76)63-70(79-58-53-48-43-38-33-28-23-18-13-8-3)73(71)81-60-55-50-45-40-35-30-25-20-15-10-5/h61-64H,6-60,65H2,1-5H3,(H,75,76). The Morgan fingerprint density at radius 1 is 0.268 bits per heavy atom. The fourth-order valence-corrected chi connectivity index (χ4v) is 11.1. The van der Waals surface area contributed by atoms with Crippen LogP contribution in [0.4, 0.5) is 0 Å². The highest BCUT2D eigenvalue weighted by atomic mass is 16.5. The molecule has 0 spiro atoms. The highest BCUT2D eigenvalue weighted by molar-refractivity contribution is 5.89. The van der Waals surface area contributed by atoms with Crippen LogP contribution in [0, 0.1) is 0 Å². The second kappa shape index (κ2) is 56.8. The second-order valence-electron chi connectivity index (χ2n) is 24.5. The maximum absolute atomic E-state index is 12.7. The van der Waals surface area contributed by atoms with Crippen LogP contribution < -0.4 is 28.4 Å². The van der Waals surface area contributed by atoms with Crippen molar-refractivity contribution in [2.45, 2.75) is 362 Å². The predicted octanol–water partition coefficient (Wildman–Crippen LogP) is 24.5. The molecule has 2 aromatic rings. The van der Waals surface area contributed by atoms with Crippen LogP contribution in [0.5, 0.6) is 34.5 Å². The number of carboxylic acids is 1. The predicted molar refractivity (Wildman–Crippen MR) is 351 cm³/mol. The lowest BCUT2D eigenvalue weighted by molar-refractivity contribution is 0.0695. The number of ether oxygens (including phenoxy) is 6. The van der Waals surface area contributed by atoms with Crippen LogP contribution in [0.2, 0.25) is 0 Å². The van der Waals surface area contributed by atoms with Crippen LogP contribution in [0.3, 0.4) is 0 Å². The van der Waals surface area contributed by atoms with Crippen molar-refractivity contribution in [1.29, 1.82) is 0 Å². The summed E-state index contributed by atoms with van der Waals surface area (Å²) >= 11 is 0. The van der Waals surface area contributed by atoms with Gasteiger partial charge in [0.2, 0.25) is 11.5 Å². The molecule has 82 heavy (non-hydrogen) atoms. The van der Waals surface area contributed by atoms with Gasteiger partial charge in [-0.2, -0.15) is 0 Å². The molecule has 0 saturated heterocycles. The van der Waals surface area contributed by atoms with E-state index in [4.69, 9.17) is 28.4 Å². The fourth-order valence-electron chi connectivity index (χ4n) is 11.1. The summed E-state index contributed by atoms with van der Waals surface area (Å²) in [5, 5.41) is 10.4. The summed E-state index contributed by atoms with van der Waals surface area (Å²) in [5.41, 5.74) is 0.993. The lowest BCUT2D eigenvalue weighted by Gasteiger charge is -2.20. The van der Waals surface area contributed by atoms with Gasteiger partial charge in [0.25, 0.3) is 0 Å². The molecule has 0 aliphatic heterocycles. The Labute approximate surface area is 507 Å². The summed E-state index contributed by atoms with van der Waals surface area (Å²) in [5.74, 6) is 2.36. The molecule has 8 heteroatoms. The number of benzene rings is 2. The normalized spacial score (nSPS) is 11.4. The van der Waals surface area contributed by atoms with Crippen LogP contribution in [0.15, 0.2) is 24.3 Å². The molecule has 0 radical (unpaired) electrons. The average Bonchev–Trinajstić information content (AvgIpc) is 3.64. The van der Waals surface area contributed by atoms with Gasteiger partial charge in [0.15, 0.2) is 23.0 Å². The molecule has 2 aromatic carbocycles. The third-order valence-electron chi connectivity index (χ3n) is 16.5. The Morgan fingerprint density at radius 2 is 0.463 bits per heavy atom. The Balaban J connectivity index is 2.38. The largest absolute Gasteiger partial charge is 0.490 e. The first-order valence-corrected chi connectivity index (χ1v) is 35.8. The number of hydrogen-bond acceptors (Lipinski definition) is 7. The van der Waals surface area contributed by atoms with E-state index in [1.54, 1.807) is 12.1 Å². The van der Waals surface area contributed by atoms with E-state index in [-0.39, 0.29) is 12.2 Å². The minimum atomic E-state index is -1.02. The third kappa shape index (κ3) is 41.7. The molecule has 0 unspecified atom stereocenters. The molecule has 1 N–H and O–H groups in total. The summed E-state index contributed by atoms with van der Waals surface area (Å²) in [6.45, 7) is 14.4. The van der Waals surface area contributed by atoms with Crippen molar-refractivity contribution < 1.29 is 38.3 Å². The molecule has 0 aliphatic carbocycles. The highest BCUT2D eigenvalue weighted by Gasteiger charge is 2.21. The lowest BCUT2D eigenvalue weighted by Crippen LogP contribution is -2.09. The van der Waals surface area contributed by atoms with Gasteiger partial charge < -0.3 is 33.5 Å². The molecule has 476 valence electrons. The first-order chi connectivity index (χ1) is 40.5. The van der Waals surface area contributed by atoms with Gasteiger partial charge >= 0.3 is 5.97 Å². The molecule has 0 heterocycles. The Bertz CT molecular complexity index is 1660. The van der Waals surface area contributed by atoms with Crippen molar-refractivity contribution in [2.24, 2.45) is 0 Å².